The number of nitrogens with zero attached hydrogens (tertiary/aromatic N) is 4. The molecular formula is C27H27N5O4S2. The standard InChI is InChI=1S/C27H27N5O4S2/c1-34-22-14-19(15-23(35-2)25(22)36-3)26-30-31-27(32(26)20-8-6-5-7-9-20)38-17-24(33)29-28-16-18-10-12-21(37-4)13-11-18/h5-16H,17H2,1-4H3,(H,29,33)/b28-16+. The van der Waals surface area contributed by atoms with Crippen LogP contribution in [0.3, 0.4) is 0 Å². The van der Waals surface area contributed by atoms with Crippen molar-refractivity contribution < 1.29 is 19.0 Å². The third kappa shape index (κ3) is 6.29. The molecule has 0 unspecified atom stereocenters. The van der Waals surface area contributed by atoms with Crippen LogP contribution in [0.25, 0.3) is 17.1 Å². The highest BCUT2D eigenvalue weighted by Crippen LogP contribution is 2.41. The summed E-state index contributed by atoms with van der Waals surface area (Å²) in [4.78, 5) is 13.7. The van der Waals surface area contributed by atoms with Gasteiger partial charge in [0.05, 0.1) is 33.3 Å². The van der Waals surface area contributed by atoms with Gasteiger partial charge in [-0.2, -0.15) is 5.10 Å². The molecule has 0 radical (unpaired) electrons. The van der Waals surface area contributed by atoms with Crippen LogP contribution in [0.1, 0.15) is 5.56 Å². The molecule has 0 atom stereocenters. The van der Waals surface area contributed by atoms with Crippen molar-refractivity contribution in [1.82, 2.24) is 20.2 Å². The first-order valence-corrected chi connectivity index (χ1v) is 13.7. The number of aromatic nitrogens is 3. The second-order valence-corrected chi connectivity index (χ2v) is 9.57. The second-order valence-electron chi connectivity index (χ2n) is 7.75. The molecule has 38 heavy (non-hydrogen) atoms. The number of methoxy groups -OCH3 is 3. The lowest BCUT2D eigenvalue weighted by atomic mass is 10.1. The molecule has 0 spiro atoms. The summed E-state index contributed by atoms with van der Waals surface area (Å²) in [6, 6.07) is 21.2. The van der Waals surface area contributed by atoms with Crippen molar-refractivity contribution in [2.45, 2.75) is 10.1 Å². The molecular weight excluding hydrogens is 522 g/mol. The number of thioether (sulfide) groups is 2. The van der Waals surface area contributed by atoms with Gasteiger partial charge in [0.25, 0.3) is 5.91 Å². The maximum absolute atomic E-state index is 12.5. The van der Waals surface area contributed by atoms with Gasteiger partial charge in [-0.15, -0.1) is 22.0 Å². The molecule has 196 valence electrons. The lowest BCUT2D eigenvalue weighted by Crippen LogP contribution is -2.20. The zero-order valence-electron chi connectivity index (χ0n) is 21.4. The highest BCUT2D eigenvalue weighted by atomic mass is 32.2. The van der Waals surface area contributed by atoms with Gasteiger partial charge in [-0.05, 0) is 48.2 Å². The number of hydrogen-bond donors (Lipinski definition) is 1. The highest BCUT2D eigenvalue weighted by Gasteiger charge is 2.21. The van der Waals surface area contributed by atoms with Gasteiger partial charge in [0, 0.05) is 16.1 Å². The first-order valence-electron chi connectivity index (χ1n) is 11.5. The van der Waals surface area contributed by atoms with Crippen molar-refractivity contribution in [3.05, 3.63) is 72.3 Å². The molecule has 1 amide bonds. The molecule has 4 rings (SSSR count). The zero-order chi connectivity index (χ0) is 26.9. The van der Waals surface area contributed by atoms with Gasteiger partial charge in [-0.3, -0.25) is 9.36 Å². The summed E-state index contributed by atoms with van der Waals surface area (Å²) in [5.74, 6) is 1.88. The maximum atomic E-state index is 12.5. The predicted octanol–water partition coefficient (Wildman–Crippen LogP) is 4.92. The fourth-order valence-electron chi connectivity index (χ4n) is 3.60. The summed E-state index contributed by atoms with van der Waals surface area (Å²) in [6.07, 6.45) is 3.63. The van der Waals surface area contributed by atoms with E-state index >= 15 is 0 Å². The molecule has 4 aromatic rings. The van der Waals surface area contributed by atoms with Crippen LogP contribution in [0, 0.1) is 0 Å². The third-order valence-electron chi connectivity index (χ3n) is 5.42. The smallest absolute Gasteiger partial charge is 0.250 e. The molecule has 3 aromatic carbocycles. The fraction of sp³-hybridized carbons (Fsp3) is 0.185. The molecule has 11 heteroatoms. The van der Waals surface area contributed by atoms with Crippen molar-refractivity contribution >= 4 is 35.6 Å². The van der Waals surface area contributed by atoms with Crippen LogP contribution in [0.15, 0.2) is 81.9 Å². The Morgan fingerprint density at radius 2 is 1.66 bits per heavy atom. The van der Waals surface area contributed by atoms with E-state index in [2.05, 4.69) is 20.7 Å². The van der Waals surface area contributed by atoms with Crippen molar-refractivity contribution in [3.8, 4) is 34.3 Å². The van der Waals surface area contributed by atoms with Gasteiger partial charge >= 0.3 is 0 Å². The minimum Gasteiger partial charge on any atom is -0.493 e. The van der Waals surface area contributed by atoms with E-state index in [1.54, 1.807) is 39.3 Å². The maximum Gasteiger partial charge on any atom is 0.250 e. The molecule has 1 aromatic heterocycles. The average Bonchev–Trinajstić information content (AvgIpc) is 3.40. The Balaban J connectivity index is 1.56. The lowest BCUT2D eigenvalue weighted by Gasteiger charge is -2.15. The normalized spacial score (nSPS) is 10.9. The number of hydrazone groups is 1. The molecule has 0 bridgehead atoms. The lowest BCUT2D eigenvalue weighted by molar-refractivity contribution is -0.118. The fourth-order valence-corrected chi connectivity index (χ4v) is 4.75. The Bertz CT molecular complexity index is 1380. The number of nitrogens with one attached hydrogen (secondary N) is 1. The quantitative estimate of drug-likeness (QED) is 0.160. The van der Waals surface area contributed by atoms with E-state index in [1.807, 2.05) is 77.6 Å². The van der Waals surface area contributed by atoms with Crippen LogP contribution in [0.4, 0.5) is 0 Å². The largest absolute Gasteiger partial charge is 0.493 e. The summed E-state index contributed by atoms with van der Waals surface area (Å²) in [5, 5.41) is 13.4. The number of para-hydroxylation sites is 1. The van der Waals surface area contributed by atoms with Crippen molar-refractivity contribution in [2.24, 2.45) is 5.10 Å². The van der Waals surface area contributed by atoms with Gasteiger partial charge in [-0.1, -0.05) is 42.1 Å². The SMILES string of the molecule is COc1cc(-c2nnc(SCC(=O)N/N=C/c3ccc(SC)cc3)n2-c2ccccc2)cc(OC)c1OC. The van der Waals surface area contributed by atoms with Crippen LogP contribution in [0.2, 0.25) is 0 Å². The van der Waals surface area contributed by atoms with E-state index in [1.165, 1.54) is 11.8 Å². The zero-order valence-corrected chi connectivity index (χ0v) is 23.0. The number of carbonyl (C=O) groups is 1. The van der Waals surface area contributed by atoms with Gasteiger partial charge in [0.15, 0.2) is 22.5 Å². The monoisotopic (exact) mass is 549 g/mol. The summed E-state index contributed by atoms with van der Waals surface area (Å²) in [5.41, 5.74) is 5.02. The molecule has 9 nitrogen and oxygen atoms in total. The third-order valence-corrected chi connectivity index (χ3v) is 7.09. The first kappa shape index (κ1) is 27.1. The van der Waals surface area contributed by atoms with E-state index in [9.17, 15) is 4.79 Å². The number of amides is 1. The van der Waals surface area contributed by atoms with Crippen LogP contribution >= 0.6 is 23.5 Å². The number of rotatable bonds is 11. The number of ether oxygens (including phenoxy) is 3. The van der Waals surface area contributed by atoms with Gasteiger partial charge in [-0.25, -0.2) is 5.43 Å². The molecule has 0 saturated heterocycles. The van der Waals surface area contributed by atoms with Gasteiger partial charge < -0.3 is 14.2 Å². The Hall–Kier alpha value is -3.96. The van der Waals surface area contributed by atoms with Crippen molar-refractivity contribution in [2.75, 3.05) is 33.3 Å². The van der Waals surface area contributed by atoms with Gasteiger partial charge in [0.1, 0.15) is 0 Å². The predicted molar refractivity (Wildman–Crippen MR) is 151 cm³/mol. The number of hydrogen-bond acceptors (Lipinski definition) is 9. The summed E-state index contributed by atoms with van der Waals surface area (Å²) in [6.45, 7) is 0. The Kier molecular flexibility index (Phi) is 9.28. The van der Waals surface area contributed by atoms with E-state index < -0.39 is 0 Å². The average molecular weight is 550 g/mol. The molecule has 1 heterocycles. The minimum absolute atomic E-state index is 0.100. The molecule has 0 aliphatic heterocycles. The number of benzene rings is 3. The van der Waals surface area contributed by atoms with Crippen LogP contribution in [-0.4, -0.2) is 60.2 Å². The van der Waals surface area contributed by atoms with E-state index in [4.69, 9.17) is 14.2 Å². The minimum atomic E-state index is -0.260. The molecule has 0 aliphatic carbocycles. The van der Waals surface area contributed by atoms with E-state index in [-0.39, 0.29) is 11.7 Å². The van der Waals surface area contributed by atoms with Crippen LogP contribution < -0.4 is 19.6 Å². The summed E-state index contributed by atoms with van der Waals surface area (Å²) < 4.78 is 18.4. The van der Waals surface area contributed by atoms with Crippen molar-refractivity contribution in [3.63, 3.8) is 0 Å². The summed E-state index contributed by atoms with van der Waals surface area (Å²) >= 11 is 2.93. The Labute approximate surface area is 229 Å². The molecule has 1 N–H and O–H groups in total. The van der Waals surface area contributed by atoms with E-state index in [0.29, 0.717) is 33.8 Å². The first-order chi connectivity index (χ1) is 18.6. The molecule has 0 fully saturated rings. The summed E-state index contributed by atoms with van der Waals surface area (Å²) in [7, 11) is 4.67. The topological polar surface area (TPSA) is 99.9 Å². The van der Waals surface area contributed by atoms with Crippen LogP contribution in [-0.2, 0) is 4.79 Å². The Morgan fingerprint density at radius 1 is 0.974 bits per heavy atom. The van der Waals surface area contributed by atoms with Gasteiger partial charge in [0.2, 0.25) is 5.75 Å². The van der Waals surface area contributed by atoms with Crippen molar-refractivity contribution in [1.29, 1.82) is 0 Å². The van der Waals surface area contributed by atoms with E-state index in [0.717, 1.165) is 16.1 Å². The van der Waals surface area contributed by atoms with Crippen LogP contribution in [0.5, 0.6) is 17.2 Å². The number of carbonyl (C=O) groups excluding carboxylic acids is 1. The second kappa shape index (κ2) is 13.0. The molecule has 0 saturated carbocycles. The molecule has 0 aliphatic rings. The Morgan fingerprint density at radius 3 is 2.26 bits per heavy atom. The highest BCUT2D eigenvalue weighted by molar-refractivity contribution is 7.99.